The number of fused-ring (bicyclic) bond motifs is 2. The molecule has 1 aromatic heterocycles. The van der Waals surface area contributed by atoms with Crippen molar-refractivity contribution in [1.29, 1.82) is 0 Å². The highest BCUT2D eigenvalue weighted by molar-refractivity contribution is 5.95. The molecule has 1 N–H and O–H groups in total. The predicted molar refractivity (Wildman–Crippen MR) is 114 cm³/mol. The van der Waals surface area contributed by atoms with Gasteiger partial charge in [-0.05, 0) is 35.4 Å². The van der Waals surface area contributed by atoms with Crippen LogP contribution in [0.3, 0.4) is 0 Å². The lowest BCUT2D eigenvalue weighted by Crippen LogP contribution is -2.38. The van der Waals surface area contributed by atoms with Crippen molar-refractivity contribution in [2.24, 2.45) is 0 Å². The first-order chi connectivity index (χ1) is 15.7. The number of ether oxygens (including phenoxy) is 2. The van der Waals surface area contributed by atoms with Gasteiger partial charge in [0, 0.05) is 25.3 Å². The zero-order valence-electron chi connectivity index (χ0n) is 17.7. The highest BCUT2D eigenvalue weighted by Gasteiger charge is 2.34. The van der Waals surface area contributed by atoms with Crippen LogP contribution in [0.1, 0.15) is 35.2 Å². The SMILES string of the molecule is COCC(NC(=O)C1CC(=O)Cc2nc3ccccc3cc21)c1ccc(OC(F)(F)F)cc1. The Balaban J connectivity index is 1.58. The van der Waals surface area contributed by atoms with Gasteiger partial charge in [-0.25, -0.2) is 0 Å². The maximum atomic E-state index is 13.2. The van der Waals surface area contributed by atoms with Crippen LogP contribution >= 0.6 is 0 Å². The number of nitrogens with one attached hydrogen (secondary N) is 1. The van der Waals surface area contributed by atoms with E-state index >= 15 is 0 Å². The molecule has 1 amide bonds. The third kappa shape index (κ3) is 5.31. The van der Waals surface area contributed by atoms with Crippen LogP contribution in [0, 0.1) is 0 Å². The molecule has 9 heteroatoms. The number of carbonyl (C=O) groups excluding carboxylic acids is 2. The Labute approximate surface area is 187 Å². The van der Waals surface area contributed by atoms with Crippen molar-refractivity contribution >= 4 is 22.6 Å². The van der Waals surface area contributed by atoms with Crippen LogP contribution in [0.2, 0.25) is 0 Å². The van der Waals surface area contributed by atoms with Crippen molar-refractivity contribution in [2.75, 3.05) is 13.7 Å². The van der Waals surface area contributed by atoms with E-state index in [9.17, 15) is 22.8 Å². The summed E-state index contributed by atoms with van der Waals surface area (Å²) in [6.07, 6.45) is -4.57. The molecule has 4 rings (SSSR count). The van der Waals surface area contributed by atoms with Gasteiger partial charge in [0.25, 0.3) is 0 Å². The number of alkyl halides is 3. The number of halogens is 3. The van der Waals surface area contributed by atoms with E-state index in [1.165, 1.54) is 31.4 Å². The molecule has 0 aliphatic heterocycles. The summed E-state index contributed by atoms with van der Waals surface area (Å²) in [7, 11) is 1.45. The molecule has 2 unspecified atom stereocenters. The van der Waals surface area contributed by atoms with E-state index in [2.05, 4.69) is 15.0 Å². The number of benzene rings is 2. The van der Waals surface area contributed by atoms with Crippen LogP contribution in [-0.2, 0) is 20.7 Å². The molecule has 0 saturated carbocycles. The minimum Gasteiger partial charge on any atom is -0.406 e. The Kier molecular flexibility index (Phi) is 6.33. The number of hydrogen-bond donors (Lipinski definition) is 1. The minimum absolute atomic E-state index is 0.0525. The van der Waals surface area contributed by atoms with E-state index < -0.39 is 18.3 Å². The largest absolute Gasteiger partial charge is 0.573 e. The molecule has 2 aromatic carbocycles. The second-order valence-electron chi connectivity index (χ2n) is 7.82. The number of Topliss-reactive ketones (excluding diaryl/α,β-unsaturated/α-hetero) is 1. The summed E-state index contributed by atoms with van der Waals surface area (Å²) >= 11 is 0. The topological polar surface area (TPSA) is 77.5 Å². The summed E-state index contributed by atoms with van der Waals surface area (Å²) < 4.78 is 46.3. The fourth-order valence-corrected chi connectivity index (χ4v) is 4.01. The number of amides is 1. The third-order valence-electron chi connectivity index (χ3n) is 5.49. The Hall–Kier alpha value is -3.46. The molecule has 0 saturated heterocycles. The highest BCUT2D eigenvalue weighted by Crippen LogP contribution is 2.32. The highest BCUT2D eigenvalue weighted by atomic mass is 19.4. The summed E-state index contributed by atoms with van der Waals surface area (Å²) in [4.78, 5) is 30.2. The molecule has 1 aliphatic rings. The summed E-state index contributed by atoms with van der Waals surface area (Å²) in [6, 6.07) is 14.0. The maximum absolute atomic E-state index is 13.2. The summed E-state index contributed by atoms with van der Waals surface area (Å²) in [5.41, 5.74) is 2.58. The normalized spacial score (nSPS) is 16.8. The first-order valence-corrected chi connectivity index (χ1v) is 10.3. The average Bonchev–Trinajstić information content (AvgIpc) is 2.76. The Morgan fingerprint density at radius 2 is 1.91 bits per heavy atom. The van der Waals surface area contributed by atoms with Crippen LogP contribution in [0.5, 0.6) is 5.75 Å². The quantitative estimate of drug-likeness (QED) is 0.598. The summed E-state index contributed by atoms with van der Waals surface area (Å²) in [5, 5.41) is 3.75. The molecular formula is C24H21F3N2O4. The third-order valence-corrected chi connectivity index (χ3v) is 5.49. The number of para-hydroxylation sites is 1. The van der Waals surface area contributed by atoms with Crippen molar-refractivity contribution in [1.82, 2.24) is 10.3 Å². The first-order valence-electron chi connectivity index (χ1n) is 10.3. The molecule has 33 heavy (non-hydrogen) atoms. The van der Waals surface area contributed by atoms with Gasteiger partial charge in [0.15, 0.2) is 0 Å². The summed E-state index contributed by atoms with van der Waals surface area (Å²) in [6.45, 7) is 0.0920. The number of carbonyl (C=O) groups is 2. The molecule has 1 heterocycles. The van der Waals surface area contributed by atoms with Gasteiger partial charge in [0.1, 0.15) is 11.5 Å². The number of aromatic nitrogens is 1. The zero-order valence-corrected chi connectivity index (χ0v) is 17.7. The molecule has 0 bridgehead atoms. The first kappa shape index (κ1) is 22.7. The molecule has 2 atom stereocenters. The minimum atomic E-state index is -4.79. The van der Waals surface area contributed by atoms with Gasteiger partial charge in [0.05, 0.1) is 29.8 Å². The van der Waals surface area contributed by atoms with Gasteiger partial charge in [0.2, 0.25) is 5.91 Å². The fraction of sp³-hybridized carbons (Fsp3) is 0.292. The number of pyridine rings is 1. The van der Waals surface area contributed by atoms with Crippen molar-refractivity contribution in [2.45, 2.75) is 31.2 Å². The van der Waals surface area contributed by atoms with Crippen LogP contribution < -0.4 is 10.1 Å². The lowest BCUT2D eigenvalue weighted by atomic mass is 9.83. The number of ketones is 1. The Morgan fingerprint density at radius 1 is 1.18 bits per heavy atom. The number of rotatable bonds is 6. The van der Waals surface area contributed by atoms with E-state index in [0.29, 0.717) is 16.8 Å². The van der Waals surface area contributed by atoms with Gasteiger partial charge in [-0.15, -0.1) is 13.2 Å². The second kappa shape index (κ2) is 9.19. The molecule has 172 valence electrons. The molecule has 0 spiro atoms. The summed E-state index contributed by atoms with van der Waals surface area (Å²) in [5.74, 6) is -1.54. The smallest absolute Gasteiger partial charge is 0.406 e. The molecule has 6 nitrogen and oxygen atoms in total. The van der Waals surface area contributed by atoms with Gasteiger partial charge in [-0.2, -0.15) is 0 Å². The number of hydrogen-bond acceptors (Lipinski definition) is 5. The second-order valence-corrected chi connectivity index (χ2v) is 7.82. The van der Waals surface area contributed by atoms with E-state index in [1.54, 1.807) is 0 Å². The monoisotopic (exact) mass is 458 g/mol. The lowest BCUT2D eigenvalue weighted by molar-refractivity contribution is -0.274. The van der Waals surface area contributed by atoms with Crippen LogP contribution in [0.4, 0.5) is 13.2 Å². The van der Waals surface area contributed by atoms with Crippen LogP contribution in [0.25, 0.3) is 10.9 Å². The van der Waals surface area contributed by atoms with Crippen molar-refractivity contribution in [3.63, 3.8) is 0 Å². The van der Waals surface area contributed by atoms with Crippen molar-refractivity contribution < 1.29 is 32.2 Å². The van der Waals surface area contributed by atoms with E-state index in [-0.39, 0.29) is 36.9 Å². The molecule has 1 aliphatic carbocycles. The molecule has 3 aromatic rings. The maximum Gasteiger partial charge on any atom is 0.573 e. The molecular weight excluding hydrogens is 437 g/mol. The van der Waals surface area contributed by atoms with Crippen LogP contribution in [0.15, 0.2) is 54.6 Å². The molecule has 0 radical (unpaired) electrons. The molecule has 0 fully saturated rings. The number of methoxy groups -OCH3 is 1. The standard InChI is InChI=1S/C24H21F3N2O4/c1-32-13-22(14-6-8-17(9-7-14)33-24(25,26)27)29-23(31)19-11-16(30)12-21-18(19)10-15-4-2-3-5-20(15)28-21/h2-10,19,22H,11-13H2,1H3,(H,29,31). The fourth-order valence-electron chi connectivity index (χ4n) is 4.01. The average molecular weight is 458 g/mol. The van der Waals surface area contributed by atoms with Gasteiger partial charge < -0.3 is 14.8 Å². The van der Waals surface area contributed by atoms with E-state index in [1.807, 2.05) is 30.3 Å². The lowest BCUT2D eigenvalue weighted by Gasteiger charge is -2.26. The number of nitrogens with zero attached hydrogens (tertiary/aromatic N) is 1. The Bertz CT molecular complexity index is 1180. The van der Waals surface area contributed by atoms with Gasteiger partial charge in [-0.1, -0.05) is 30.3 Å². The van der Waals surface area contributed by atoms with Gasteiger partial charge >= 0.3 is 6.36 Å². The van der Waals surface area contributed by atoms with Crippen LogP contribution in [-0.4, -0.2) is 36.8 Å². The van der Waals surface area contributed by atoms with Gasteiger partial charge in [-0.3, -0.25) is 14.6 Å². The van der Waals surface area contributed by atoms with E-state index in [4.69, 9.17) is 4.74 Å². The Morgan fingerprint density at radius 3 is 2.61 bits per heavy atom. The zero-order chi connectivity index (χ0) is 23.6. The van der Waals surface area contributed by atoms with Crippen molar-refractivity contribution in [3.05, 3.63) is 71.4 Å². The van der Waals surface area contributed by atoms with E-state index in [0.717, 1.165) is 10.9 Å². The van der Waals surface area contributed by atoms with Crippen molar-refractivity contribution in [3.8, 4) is 5.75 Å². The predicted octanol–water partition coefficient (Wildman–Crippen LogP) is 4.24.